The molecule has 3 heterocycles. The molecule has 0 aliphatic heterocycles. The Labute approximate surface area is 176 Å². The van der Waals surface area contributed by atoms with Gasteiger partial charge in [-0.1, -0.05) is 34.4 Å². The van der Waals surface area contributed by atoms with Gasteiger partial charge in [0.2, 0.25) is 10.1 Å². The van der Waals surface area contributed by atoms with Crippen LogP contribution in [0.2, 0.25) is 0 Å². The lowest BCUT2D eigenvalue weighted by Crippen LogP contribution is -2.15. The van der Waals surface area contributed by atoms with E-state index < -0.39 is 0 Å². The average molecular weight is 447 g/mol. The first-order chi connectivity index (χ1) is 14.0. The maximum absolute atomic E-state index is 12.3. The molecule has 0 saturated heterocycles. The fourth-order valence-corrected chi connectivity index (χ4v) is 4.80. The molecule has 9 nitrogen and oxygen atoms in total. The van der Waals surface area contributed by atoms with Gasteiger partial charge in [-0.3, -0.25) is 14.9 Å². The van der Waals surface area contributed by atoms with Gasteiger partial charge in [0.1, 0.15) is 10.8 Å². The van der Waals surface area contributed by atoms with E-state index in [1.165, 1.54) is 45.0 Å². The van der Waals surface area contributed by atoms with Crippen molar-refractivity contribution in [1.82, 2.24) is 24.8 Å². The van der Waals surface area contributed by atoms with Gasteiger partial charge in [0, 0.05) is 17.4 Å². The molecule has 0 atom stereocenters. The zero-order valence-corrected chi connectivity index (χ0v) is 17.7. The number of amides is 1. The average Bonchev–Trinajstić information content (AvgIpc) is 3.32. The summed E-state index contributed by atoms with van der Waals surface area (Å²) in [6.45, 7) is 1.83. The third kappa shape index (κ3) is 4.44. The monoisotopic (exact) mass is 446 g/mol. The topological polar surface area (TPSA) is 111 Å². The van der Waals surface area contributed by atoms with E-state index in [2.05, 4.69) is 25.6 Å². The third-order valence-electron chi connectivity index (χ3n) is 3.72. The molecule has 0 aliphatic rings. The summed E-state index contributed by atoms with van der Waals surface area (Å²) in [5.41, 5.74) is 0.926. The van der Waals surface area contributed by atoms with Crippen LogP contribution in [0.3, 0.4) is 0 Å². The van der Waals surface area contributed by atoms with Gasteiger partial charge in [-0.25, -0.2) is 4.98 Å². The third-order valence-corrected chi connectivity index (χ3v) is 6.55. The van der Waals surface area contributed by atoms with E-state index in [1.807, 2.05) is 6.92 Å². The highest BCUT2D eigenvalue weighted by Crippen LogP contribution is 2.28. The molecule has 1 N–H and O–H groups in total. The van der Waals surface area contributed by atoms with Crippen LogP contribution < -0.4 is 15.6 Å². The number of carbonyl (C=O) groups excluding carboxylic acids is 1. The van der Waals surface area contributed by atoms with Gasteiger partial charge in [-0.05, 0) is 31.2 Å². The number of anilines is 1. The second-order valence-corrected chi connectivity index (χ2v) is 9.11. The summed E-state index contributed by atoms with van der Waals surface area (Å²) in [6, 6.07) is 8.24. The maximum atomic E-state index is 12.3. The van der Waals surface area contributed by atoms with Crippen LogP contribution in [0.4, 0.5) is 5.13 Å². The molecule has 3 aromatic heterocycles. The standard InChI is InChI=1S/C17H14N6O3S3/c1-9-22-23-13(24)7-11(18-16(23)28-9)8-27-17-21-20-15(29-17)19-14(25)10-3-5-12(26-2)6-4-10/h3-7H,8H2,1-2H3,(H,19,20,25). The highest BCUT2D eigenvalue weighted by Gasteiger charge is 2.12. The molecular formula is C17H14N6O3S3. The summed E-state index contributed by atoms with van der Waals surface area (Å²) in [4.78, 5) is 29.4. The van der Waals surface area contributed by atoms with E-state index in [0.29, 0.717) is 37.2 Å². The summed E-state index contributed by atoms with van der Waals surface area (Å²) >= 11 is 4.02. The van der Waals surface area contributed by atoms with Gasteiger partial charge in [-0.2, -0.15) is 9.61 Å². The summed E-state index contributed by atoms with van der Waals surface area (Å²) < 4.78 is 7.04. The predicted molar refractivity (Wildman–Crippen MR) is 112 cm³/mol. The number of aryl methyl sites for hydroxylation is 1. The van der Waals surface area contributed by atoms with Gasteiger partial charge < -0.3 is 4.74 Å². The van der Waals surface area contributed by atoms with Gasteiger partial charge in [0.15, 0.2) is 4.34 Å². The summed E-state index contributed by atoms with van der Waals surface area (Å²) in [5, 5.41) is 16.1. The van der Waals surface area contributed by atoms with Gasteiger partial charge in [0.25, 0.3) is 11.5 Å². The van der Waals surface area contributed by atoms with Crippen molar-refractivity contribution >= 4 is 50.4 Å². The van der Waals surface area contributed by atoms with Crippen molar-refractivity contribution in [3.05, 3.63) is 57.0 Å². The number of benzene rings is 1. The minimum Gasteiger partial charge on any atom is -0.497 e. The highest BCUT2D eigenvalue weighted by molar-refractivity contribution is 8.00. The molecule has 0 radical (unpaired) electrons. The second-order valence-electron chi connectivity index (χ2n) is 5.75. The zero-order valence-electron chi connectivity index (χ0n) is 15.3. The molecule has 0 fully saturated rings. The van der Waals surface area contributed by atoms with Crippen LogP contribution in [0, 0.1) is 6.92 Å². The van der Waals surface area contributed by atoms with Crippen molar-refractivity contribution < 1.29 is 9.53 Å². The van der Waals surface area contributed by atoms with Crippen LogP contribution in [0.15, 0.2) is 39.5 Å². The Morgan fingerprint density at radius 2 is 2.03 bits per heavy atom. The molecular weight excluding hydrogens is 432 g/mol. The van der Waals surface area contributed by atoms with E-state index in [9.17, 15) is 9.59 Å². The maximum Gasteiger partial charge on any atom is 0.275 e. The number of thioether (sulfide) groups is 1. The molecule has 148 valence electrons. The molecule has 1 amide bonds. The summed E-state index contributed by atoms with van der Waals surface area (Å²) in [5.74, 6) is 0.862. The molecule has 4 rings (SSSR count). The van der Waals surface area contributed by atoms with Crippen LogP contribution in [-0.4, -0.2) is 37.8 Å². The Hall–Kier alpha value is -2.83. The zero-order chi connectivity index (χ0) is 20.4. The number of methoxy groups -OCH3 is 1. The number of hydrogen-bond donors (Lipinski definition) is 1. The molecule has 1 aromatic carbocycles. The van der Waals surface area contributed by atoms with E-state index in [1.54, 1.807) is 31.4 Å². The molecule has 0 bridgehead atoms. The molecule has 0 aliphatic carbocycles. The molecule has 0 spiro atoms. The molecule has 12 heteroatoms. The number of fused-ring (bicyclic) bond motifs is 1. The van der Waals surface area contributed by atoms with Crippen molar-refractivity contribution in [2.45, 2.75) is 17.0 Å². The first-order valence-electron chi connectivity index (χ1n) is 8.30. The van der Waals surface area contributed by atoms with Gasteiger partial charge in [0.05, 0.1) is 12.8 Å². The van der Waals surface area contributed by atoms with Crippen LogP contribution in [0.25, 0.3) is 4.96 Å². The van der Waals surface area contributed by atoms with Crippen molar-refractivity contribution in [3.8, 4) is 5.75 Å². The number of aromatic nitrogens is 5. The Kier molecular flexibility index (Phi) is 5.56. The smallest absolute Gasteiger partial charge is 0.275 e. The number of ether oxygens (including phenoxy) is 1. The summed E-state index contributed by atoms with van der Waals surface area (Å²) in [7, 11) is 1.57. The van der Waals surface area contributed by atoms with E-state index in [4.69, 9.17) is 4.74 Å². The molecule has 0 saturated carbocycles. The lowest BCUT2D eigenvalue weighted by molar-refractivity contribution is 0.102. The minimum atomic E-state index is -0.277. The largest absolute Gasteiger partial charge is 0.497 e. The SMILES string of the molecule is COc1ccc(C(=O)Nc2nnc(SCc3cc(=O)n4nc(C)sc4n3)s2)cc1. The first-order valence-corrected chi connectivity index (χ1v) is 10.9. The van der Waals surface area contributed by atoms with Crippen molar-refractivity contribution in [2.24, 2.45) is 0 Å². The van der Waals surface area contributed by atoms with Crippen molar-refractivity contribution in [3.63, 3.8) is 0 Å². The quantitative estimate of drug-likeness (QED) is 0.355. The Bertz CT molecular complexity index is 1230. The lowest BCUT2D eigenvalue weighted by atomic mass is 10.2. The van der Waals surface area contributed by atoms with E-state index in [0.717, 1.165) is 5.01 Å². The summed E-state index contributed by atoms with van der Waals surface area (Å²) in [6.07, 6.45) is 0. The molecule has 4 aromatic rings. The lowest BCUT2D eigenvalue weighted by Gasteiger charge is -2.02. The first kappa shape index (κ1) is 19.5. The van der Waals surface area contributed by atoms with E-state index in [-0.39, 0.29) is 11.5 Å². The number of rotatable bonds is 6. The van der Waals surface area contributed by atoms with Crippen LogP contribution >= 0.6 is 34.4 Å². The highest BCUT2D eigenvalue weighted by atomic mass is 32.2. The number of carbonyl (C=O) groups is 1. The second kappa shape index (κ2) is 8.27. The number of nitrogens with zero attached hydrogens (tertiary/aromatic N) is 5. The Morgan fingerprint density at radius 1 is 1.24 bits per heavy atom. The van der Waals surface area contributed by atoms with Crippen LogP contribution in [0.1, 0.15) is 21.1 Å². The fraction of sp³-hybridized carbons (Fsp3) is 0.176. The van der Waals surface area contributed by atoms with Crippen LogP contribution in [-0.2, 0) is 5.75 Å². The Balaban J connectivity index is 1.40. The minimum absolute atomic E-state index is 0.209. The predicted octanol–water partition coefficient (Wildman–Crippen LogP) is 2.86. The molecule has 29 heavy (non-hydrogen) atoms. The van der Waals surface area contributed by atoms with Crippen LogP contribution in [0.5, 0.6) is 5.75 Å². The number of hydrogen-bond acceptors (Lipinski definition) is 10. The number of nitrogens with one attached hydrogen (secondary N) is 1. The van der Waals surface area contributed by atoms with Gasteiger partial charge >= 0.3 is 0 Å². The van der Waals surface area contributed by atoms with E-state index >= 15 is 0 Å². The van der Waals surface area contributed by atoms with Crippen molar-refractivity contribution in [1.29, 1.82) is 0 Å². The normalized spacial score (nSPS) is 11.0. The van der Waals surface area contributed by atoms with Gasteiger partial charge in [-0.15, -0.1) is 10.2 Å². The Morgan fingerprint density at radius 3 is 2.79 bits per heavy atom. The fourth-order valence-electron chi connectivity index (χ4n) is 2.39. The van der Waals surface area contributed by atoms with Crippen molar-refractivity contribution in [2.75, 3.05) is 12.4 Å². The molecule has 0 unspecified atom stereocenters.